The molecule has 0 aromatic carbocycles. The second kappa shape index (κ2) is 3.11. The molecule has 0 radical (unpaired) electrons. The van der Waals surface area contributed by atoms with Crippen LogP contribution in [0.2, 0.25) is 0 Å². The third-order valence-electron chi connectivity index (χ3n) is 3.68. The Balaban J connectivity index is 1.55. The largest absolute Gasteiger partial charge is 0.468 e. The van der Waals surface area contributed by atoms with Crippen LogP contribution in [-0.4, -0.2) is 24.5 Å². The minimum atomic E-state index is 0.822. The number of rotatable bonds is 3. The van der Waals surface area contributed by atoms with Crippen molar-refractivity contribution in [2.24, 2.45) is 23.5 Å². The highest BCUT2D eigenvalue weighted by atomic mass is 16.3. The van der Waals surface area contributed by atoms with Crippen LogP contribution in [0.25, 0.3) is 0 Å². The van der Waals surface area contributed by atoms with Gasteiger partial charge < -0.3 is 10.2 Å². The summed E-state index contributed by atoms with van der Waals surface area (Å²) in [6, 6.07) is 4.00. The van der Waals surface area contributed by atoms with Crippen LogP contribution in [0.3, 0.4) is 0 Å². The molecule has 0 bridgehead atoms. The summed E-state index contributed by atoms with van der Waals surface area (Å²) in [6.45, 7) is 4.28. The summed E-state index contributed by atoms with van der Waals surface area (Å²) in [4.78, 5) is 2.47. The smallest absolute Gasteiger partial charge is 0.117 e. The predicted molar refractivity (Wildman–Crippen MR) is 53.5 cm³/mol. The maximum absolute atomic E-state index is 5.67. The van der Waals surface area contributed by atoms with Gasteiger partial charge in [0.15, 0.2) is 0 Å². The molecule has 1 saturated carbocycles. The van der Waals surface area contributed by atoms with Crippen molar-refractivity contribution >= 4 is 0 Å². The maximum atomic E-state index is 5.67. The summed E-state index contributed by atoms with van der Waals surface area (Å²) in [5, 5.41) is 0. The van der Waals surface area contributed by atoms with E-state index >= 15 is 0 Å². The Morgan fingerprint density at radius 3 is 2.79 bits per heavy atom. The van der Waals surface area contributed by atoms with Crippen LogP contribution >= 0.6 is 0 Å². The molecule has 3 nitrogen and oxygen atoms in total. The molecule has 76 valence electrons. The van der Waals surface area contributed by atoms with Crippen LogP contribution in [0.15, 0.2) is 22.8 Å². The zero-order valence-electron chi connectivity index (χ0n) is 8.23. The van der Waals surface area contributed by atoms with E-state index in [1.807, 2.05) is 12.1 Å². The molecule has 1 saturated heterocycles. The van der Waals surface area contributed by atoms with Crippen LogP contribution in [0.4, 0.5) is 0 Å². The number of nitrogens with zero attached hydrogens (tertiary/aromatic N) is 1. The average Bonchev–Trinajstić information content (AvgIpc) is 2.63. The fraction of sp³-hybridized carbons (Fsp3) is 0.636. The third-order valence-corrected chi connectivity index (χ3v) is 3.68. The van der Waals surface area contributed by atoms with E-state index in [1.54, 1.807) is 6.26 Å². The van der Waals surface area contributed by atoms with Gasteiger partial charge in [0.1, 0.15) is 5.76 Å². The van der Waals surface area contributed by atoms with Gasteiger partial charge in [0, 0.05) is 13.1 Å². The molecule has 3 atom stereocenters. The summed E-state index contributed by atoms with van der Waals surface area (Å²) in [5.74, 6) is 3.67. The molecule has 3 rings (SSSR count). The van der Waals surface area contributed by atoms with Crippen molar-refractivity contribution in [3.05, 3.63) is 24.2 Å². The fourth-order valence-electron chi connectivity index (χ4n) is 2.84. The molecule has 2 fully saturated rings. The Bertz CT molecular complexity index is 297. The number of hydrogen-bond donors (Lipinski definition) is 1. The molecule has 14 heavy (non-hydrogen) atoms. The fourth-order valence-corrected chi connectivity index (χ4v) is 2.84. The molecule has 2 heterocycles. The van der Waals surface area contributed by atoms with Gasteiger partial charge in [-0.3, -0.25) is 4.90 Å². The summed E-state index contributed by atoms with van der Waals surface area (Å²) in [5.41, 5.74) is 5.67. The van der Waals surface area contributed by atoms with E-state index in [0.29, 0.717) is 0 Å². The highest BCUT2D eigenvalue weighted by molar-refractivity contribution is 5.07. The van der Waals surface area contributed by atoms with Gasteiger partial charge in [0.25, 0.3) is 0 Å². The number of likely N-dealkylation sites (tertiary alicyclic amines) is 1. The molecule has 1 unspecified atom stereocenters. The standard InChI is InChI=1S/C11H16N2O/c12-4-9-10-6-13(7-11(9)10)5-8-2-1-3-14-8/h1-3,9-11H,4-7,12H2/t9?,10-,11+. The van der Waals surface area contributed by atoms with Crippen LogP contribution in [0.1, 0.15) is 5.76 Å². The Hall–Kier alpha value is -0.800. The lowest BCUT2D eigenvalue weighted by molar-refractivity contribution is 0.256. The quantitative estimate of drug-likeness (QED) is 0.774. The first-order chi connectivity index (χ1) is 6.88. The molecule has 1 aliphatic carbocycles. The van der Waals surface area contributed by atoms with E-state index in [-0.39, 0.29) is 0 Å². The SMILES string of the molecule is NCC1[C@H]2CN(Cc3ccco3)C[C@@H]12. The minimum absolute atomic E-state index is 0.822. The summed E-state index contributed by atoms with van der Waals surface area (Å²) >= 11 is 0. The van der Waals surface area contributed by atoms with Crippen molar-refractivity contribution in [2.45, 2.75) is 6.54 Å². The second-order valence-corrected chi connectivity index (χ2v) is 4.50. The lowest BCUT2D eigenvalue weighted by Crippen LogP contribution is -2.25. The topological polar surface area (TPSA) is 42.4 Å². The van der Waals surface area contributed by atoms with Gasteiger partial charge in [0.05, 0.1) is 12.8 Å². The number of furan rings is 1. The Morgan fingerprint density at radius 1 is 1.43 bits per heavy atom. The number of nitrogens with two attached hydrogens (primary N) is 1. The van der Waals surface area contributed by atoms with Crippen LogP contribution in [-0.2, 0) is 6.54 Å². The van der Waals surface area contributed by atoms with E-state index in [2.05, 4.69) is 4.90 Å². The van der Waals surface area contributed by atoms with Gasteiger partial charge in [-0.15, -0.1) is 0 Å². The highest BCUT2D eigenvalue weighted by Gasteiger charge is 2.54. The molecule has 0 spiro atoms. The van der Waals surface area contributed by atoms with Gasteiger partial charge in [-0.2, -0.15) is 0 Å². The van der Waals surface area contributed by atoms with E-state index in [1.165, 1.54) is 13.1 Å². The lowest BCUT2D eigenvalue weighted by Gasteiger charge is -2.17. The van der Waals surface area contributed by atoms with Crippen molar-refractivity contribution in [1.82, 2.24) is 4.90 Å². The van der Waals surface area contributed by atoms with Crippen molar-refractivity contribution in [3.63, 3.8) is 0 Å². The van der Waals surface area contributed by atoms with Gasteiger partial charge >= 0.3 is 0 Å². The van der Waals surface area contributed by atoms with Crippen molar-refractivity contribution in [3.8, 4) is 0 Å². The molecular weight excluding hydrogens is 176 g/mol. The molecule has 1 aromatic heterocycles. The second-order valence-electron chi connectivity index (χ2n) is 4.50. The van der Waals surface area contributed by atoms with E-state index in [9.17, 15) is 0 Å². The predicted octanol–water partition coefficient (Wildman–Crippen LogP) is 0.916. The zero-order valence-corrected chi connectivity index (χ0v) is 8.23. The van der Waals surface area contributed by atoms with E-state index < -0.39 is 0 Å². The van der Waals surface area contributed by atoms with Gasteiger partial charge in [-0.25, -0.2) is 0 Å². The van der Waals surface area contributed by atoms with Gasteiger partial charge in [-0.1, -0.05) is 0 Å². The Morgan fingerprint density at radius 2 is 2.21 bits per heavy atom. The van der Waals surface area contributed by atoms with Crippen molar-refractivity contribution in [1.29, 1.82) is 0 Å². The molecule has 2 aliphatic rings. The first-order valence-corrected chi connectivity index (χ1v) is 5.33. The first-order valence-electron chi connectivity index (χ1n) is 5.33. The van der Waals surface area contributed by atoms with Crippen LogP contribution in [0.5, 0.6) is 0 Å². The van der Waals surface area contributed by atoms with E-state index in [0.717, 1.165) is 36.6 Å². The Kier molecular flexibility index (Phi) is 1.89. The maximum Gasteiger partial charge on any atom is 0.117 e. The van der Waals surface area contributed by atoms with Crippen LogP contribution < -0.4 is 5.73 Å². The average molecular weight is 192 g/mol. The third kappa shape index (κ3) is 1.28. The normalized spacial score (nSPS) is 35.9. The van der Waals surface area contributed by atoms with Gasteiger partial charge in [0.2, 0.25) is 0 Å². The molecular formula is C11H16N2O. The number of fused-ring (bicyclic) bond motifs is 1. The monoisotopic (exact) mass is 192 g/mol. The molecule has 0 amide bonds. The van der Waals surface area contributed by atoms with E-state index in [4.69, 9.17) is 10.2 Å². The summed E-state index contributed by atoms with van der Waals surface area (Å²) < 4.78 is 5.33. The minimum Gasteiger partial charge on any atom is -0.468 e. The zero-order chi connectivity index (χ0) is 9.54. The molecule has 1 aromatic rings. The van der Waals surface area contributed by atoms with Gasteiger partial charge in [-0.05, 0) is 36.4 Å². The Labute approximate surface area is 83.9 Å². The first kappa shape index (κ1) is 8.50. The molecule has 2 N–H and O–H groups in total. The van der Waals surface area contributed by atoms with Crippen LogP contribution in [0, 0.1) is 17.8 Å². The van der Waals surface area contributed by atoms with Crippen molar-refractivity contribution in [2.75, 3.05) is 19.6 Å². The summed E-state index contributed by atoms with van der Waals surface area (Å²) in [6.07, 6.45) is 1.74. The number of hydrogen-bond acceptors (Lipinski definition) is 3. The van der Waals surface area contributed by atoms with Crippen molar-refractivity contribution < 1.29 is 4.42 Å². The highest BCUT2D eigenvalue weighted by Crippen LogP contribution is 2.51. The molecule has 3 heteroatoms. The number of piperidine rings is 1. The lowest BCUT2D eigenvalue weighted by atomic mass is 10.2. The summed E-state index contributed by atoms with van der Waals surface area (Å²) in [7, 11) is 0. The molecule has 1 aliphatic heterocycles.